The highest BCUT2D eigenvalue weighted by atomic mass is 19.1. The van der Waals surface area contributed by atoms with Crippen molar-refractivity contribution in [2.75, 3.05) is 0 Å². The summed E-state index contributed by atoms with van der Waals surface area (Å²) in [6.45, 7) is 1.93. The molecule has 0 saturated heterocycles. The van der Waals surface area contributed by atoms with Gasteiger partial charge in [0.05, 0.1) is 6.54 Å². The molecule has 3 rings (SSSR count). The van der Waals surface area contributed by atoms with E-state index < -0.39 is 23.5 Å². The Hall–Kier alpha value is -3.17. The number of aromatic hydroxyl groups is 1. The second kappa shape index (κ2) is 7.38. The van der Waals surface area contributed by atoms with Crippen molar-refractivity contribution in [2.24, 2.45) is 0 Å². The number of phenols is 1. The standard InChI is InChI=1S/C20H16F2N2O2/c1-13(25)20-23-8-10-24(20)9-2-3-14-4-6-16(17(21)11-14)15-5-7-19(26)18(22)12-15/h4-8,10-13,25-26H,9H2,1H3. The summed E-state index contributed by atoms with van der Waals surface area (Å²) in [5.41, 5.74) is 1.03. The Morgan fingerprint density at radius 2 is 1.96 bits per heavy atom. The summed E-state index contributed by atoms with van der Waals surface area (Å²) in [6, 6.07) is 8.14. The molecule has 0 aliphatic heterocycles. The van der Waals surface area contributed by atoms with Crippen LogP contribution in [-0.2, 0) is 6.54 Å². The first-order chi connectivity index (χ1) is 12.5. The molecule has 0 bridgehead atoms. The van der Waals surface area contributed by atoms with Crippen molar-refractivity contribution < 1.29 is 19.0 Å². The zero-order chi connectivity index (χ0) is 18.7. The molecule has 0 aliphatic carbocycles. The quantitative estimate of drug-likeness (QED) is 0.706. The molecular weight excluding hydrogens is 338 g/mol. The van der Waals surface area contributed by atoms with E-state index >= 15 is 0 Å². The van der Waals surface area contributed by atoms with Gasteiger partial charge in [-0.3, -0.25) is 0 Å². The van der Waals surface area contributed by atoms with Gasteiger partial charge >= 0.3 is 0 Å². The highest BCUT2D eigenvalue weighted by molar-refractivity contribution is 5.66. The van der Waals surface area contributed by atoms with Crippen LogP contribution in [0.5, 0.6) is 5.75 Å². The molecule has 26 heavy (non-hydrogen) atoms. The molecule has 0 saturated carbocycles. The van der Waals surface area contributed by atoms with Crippen LogP contribution in [0, 0.1) is 23.5 Å². The van der Waals surface area contributed by atoms with E-state index in [1.54, 1.807) is 30.0 Å². The highest BCUT2D eigenvalue weighted by Gasteiger charge is 2.09. The van der Waals surface area contributed by atoms with Crippen LogP contribution in [0.25, 0.3) is 11.1 Å². The number of halogens is 2. The van der Waals surface area contributed by atoms with Gasteiger partial charge in [-0.05, 0) is 36.8 Å². The zero-order valence-corrected chi connectivity index (χ0v) is 13.9. The Bertz CT molecular complexity index is 1000. The monoisotopic (exact) mass is 354 g/mol. The first-order valence-electron chi connectivity index (χ1n) is 7.92. The van der Waals surface area contributed by atoms with E-state index in [1.807, 2.05) is 0 Å². The Balaban J connectivity index is 1.80. The molecule has 0 amide bonds. The number of aliphatic hydroxyl groups is 1. The van der Waals surface area contributed by atoms with E-state index in [0.29, 0.717) is 23.5 Å². The van der Waals surface area contributed by atoms with Gasteiger partial charge in [0.15, 0.2) is 11.6 Å². The fourth-order valence-electron chi connectivity index (χ4n) is 2.55. The molecule has 2 aromatic carbocycles. The van der Waals surface area contributed by atoms with Crippen LogP contribution in [0.3, 0.4) is 0 Å². The lowest BCUT2D eigenvalue weighted by Gasteiger charge is -2.06. The summed E-state index contributed by atoms with van der Waals surface area (Å²) < 4.78 is 29.5. The van der Waals surface area contributed by atoms with E-state index in [-0.39, 0.29) is 5.56 Å². The Labute approximate surface area is 149 Å². The van der Waals surface area contributed by atoms with Gasteiger partial charge in [0, 0.05) is 23.5 Å². The molecule has 1 atom stereocenters. The van der Waals surface area contributed by atoms with Crippen molar-refractivity contribution in [1.82, 2.24) is 9.55 Å². The fraction of sp³-hybridized carbons (Fsp3) is 0.150. The Morgan fingerprint density at radius 1 is 1.15 bits per heavy atom. The average Bonchev–Trinajstić information content (AvgIpc) is 3.06. The lowest BCUT2D eigenvalue weighted by Crippen LogP contribution is -2.05. The fourth-order valence-corrected chi connectivity index (χ4v) is 2.55. The maximum atomic E-state index is 14.3. The van der Waals surface area contributed by atoms with Crippen LogP contribution in [0.2, 0.25) is 0 Å². The predicted octanol–water partition coefficient (Wildman–Crippen LogP) is 3.64. The molecule has 1 unspecified atom stereocenters. The minimum Gasteiger partial charge on any atom is -0.505 e. The summed E-state index contributed by atoms with van der Waals surface area (Å²) in [7, 11) is 0. The molecule has 132 valence electrons. The number of nitrogens with zero attached hydrogens (tertiary/aromatic N) is 2. The summed E-state index contributed by atoms with van der Waals surface area (Å²) >= 11 is 0. The molecule has 1 heterocycles. The summed E-state index contributed by atoms with van der Waals surface area (Å²) in [5.74, 6) is 4.45. The number of aromatic nitrogens is 2. The van der Waals surface area contributed by atoms with Crippen LogP contribution in [0.4, 0.5) is 8.78 Å². The number of phenolic OH excluding ortho intramolecular Hbond substituents is 1. The Morgan fingerprint density at radius 3 is 2.65 bits per heavy atom. The van der Waals surface area contributed by atoms with Gasteiger partial charge in [-0.1, -0.05) is 24.0 Å². The first kappa shape index (κ1) is 17.6. The minimum atomic E-state index is -0.806. The van der Waals surface area contributed by atoms with Crippen molar-refractivity contribution in [1.29, 1.82) is 0 Å². The van der Waals surface area contributed by atoms with Gasteiger partial charge in [-0.2, -0.15) is 0 Å². The highest BCUT2D eigenvalue weighted by Crippen LogP contribution is 2.27. The third-order valence-electron chi connectivity index (χ3n) is 3.83. The summed E-state index contributed by atoms with van der Waals surface area (Å²) in [6.07, 6.45) is 2.59. The maximum absolute atomic E-state index is 14.3. The number of hydrogen-bond acceptors (Lipinski definition) is 3. The summed E-state index contributed by atoms with van der Waals surface area (Å²) in [5, 5.41) is 18.8. The van der Waals surface area contributed by atoms with Crippen LogP contribution in [0.15, 0.2) is 48.8 Å². The van der Waals surface area contributed by atoms with E-state index in [2.05, 4.69) is 16.8 Å². The maximum Gasteiger partial charge on any atom is 0.165 e. The third kappa shape index (κ3) is 3.73. The third-order valence-corrected chi connectivity index (χ3v) is 3.83. The normalized spacial score (nSPS) is 11.7. The molecular formula is C20H16F2N2O2. The number of rotatable bonds is 3. The molecule has 0 aliphatic rings. The molecule has 0 fully saturated rings. The van der Waals surface area contributed by atoms with Crippen molar-refractivity contribution in [3.63, 3.8) is 0 Å². The number of imidazole rings is 1. The van der Waals surface area contributed by atoms with E-state index in [9.17, 15) is 19.0 Å². The van der Waals surface area contributed by atoms with Crippen LogP contribution >= 0.6 is 0 Å². The number of aliphatic hydroxyl groups excluding tert-OH is 1. The molecule has 6 heteroatoms. The second-order valence-electron chi connectivity index (χ2n) is 5.75. The average molecular weight is 354 g/mol. The van der Waals surface area contributed by atoms with Crippen molar-refractivity contribution in [2.45, 2.75) is 19.6 Å². The van der Waals surface area contributed by atoms with Gasteiger partial charge < -0.3 is 14.8 Å². The van der Waals surface area contributed by atoms with Gasteiger partial charge in [0.25, 0.3) is 0 Å². The topological polar surface area (TPSA) is 58.3 Å². The second-order valence-corrected chi connectivity index (χ2v) is 5.75. The number of benzene rings is 2. The minimum absolute atomic E-state index is 0.223. The van der Waals surface area contributed by atoms with Gasteiger partial charge in [-0.25, -0.2) is 13.8 Å². The van der Waals surface area contributed by atoms with E-state index in [0.717, 1.165) is 6.07 Å². The molecule has 3 aromatic rings. The smallest absolute Gasteiger partial charge is 0.165 e. The summed E-state index contributed by atoms with van der Waals surface area (Å²) in [4.78, 5) is 4.05. The SMILES string of the molecule is CC(O)c1nccn1CC#Cc1ccc(-c2ccc(O)c(F)c2)c(F)c1. The first-order valence-corrected chi connectivity index (χ1v) is 7.92. The molecule has 2 N–H and O–H groups in total. The lowest BCUT2D eigenvalue weighted by atomic mass is 10.0. The van der Waals surface area contributed by atoms with Crippen molar-refractivity contribution in [3.8, 4) is 28.7 Å². The number of hydrogen-bond donors (Lipinski definition) is 2. The molecule has 1 aromatic heterocycles. The van der Waals surface area contributed by atoms with Crippen LogP contribution in [-0.4, -0.2) is 19.8 Å². The van der Waals surface area contributed by atoms with Gasteiger partial charge in [0.2, 0.25) is 0 Å². The van der Waals surface area contributed by atoms with Gasteiger partial charge in [-0.15, -0.1) is 0 Å². The molecule has 4 nitrogen and oxygen atoms in total. The molecule has 0 radical (unpaired) electrons. The van der Waals surface area contributed by atoms with Gasteiger partial charge in [0.1, 0.15) is 17.7 Å². The lowest BCUT2D eigenvalue weighted by molar-refractivity contribution is 0.184. The largest absolute Gasteiger partial charge is 0.505 e. The zero-order valence-electron chi connectivity index (χ0n) is 13.9. The molecule has 0 spiro atoms. The van der Waals surface area contributed by atoms with Crippen molar-refractivity contribution >= 4 is 0 Å². The van der Waals surface area contributed by atoms with Crippen LogP contribution in [0.1, 0.15) is 24.4 Å². The van der Waals surface area contributed by atoms with E-state index in [4.69, 9.17) is 0 Å². The Kier molecular flexibility index (Phi) is 5.01. The van der Waals surface area contributed by atoms with Crippen molar-refractivity contribution in [3.05, 3.63) is 71.8 Å². The van der Waals surface area contributed by atoms with Crippen LogP contribution < -0.4 is 0 Å². The van der Waals surface area contributed by atoms with E-state index in [1.165, 1.54) is 24.3 Å². The predicted molar refractivity (Wildman–Crippen MR) is 93.2 cm³/mol.